The topological polar surface area (TPSA) is 16.4 Å². The van der Waals surface area contributed by atoms with Crippen LogP contribution in [0.4, 0.5) is 17.1 Å². The number of furan rings is 1. The van der Waals surface area contributed by atoms with Crippen LogP contribution in [0.3, 0.4) is 0 Å². The highest BCUT2D eigenvalue weighted by molar-refractivity contribution is 6.06. The first-order valence-corrected chi connectivity index (χ1v) is 23.1. The molecule has 0 fully saturated rings. The van der Waals surface area contributed by atoms with Crippen LogP contribution in [0.2, 0.25) is 0 Å². The van der Waals surface area contributed by atoms with Gasteiger partial charge in [-0.05, 0) is 138 Å². The van der Waals surface area contributed by atoms with Crippen molar-refractivity contribution in [2.45, 2.75) is 5.41 Å². The van der Waals surface area contributed by atoms with Gasteiger partial charge in [0.1, 0.15) is 11.2 Å². The molecule has 67 heavy (non-hydrogen) atoms. The molecule has 0 saturated heterocycles. The molecule has 1 aliphatic rings. The van der Waals surface area contributed by atoms with Crippen LogP contribution in [0, 0.1) is 0 Å². The molecule has 0 bridgehead atoms. The molecule has 13 rings (SSSR count). The van der Waals surface area contributed by atoms with Crippen LogP contribution in [0.1, 0.15) is 22.3 Å². The summed E-state index contributed by atoms with van der Waals surface area (Å²) in [6.07, 6.45) is 0. The van der Waals surface area contributed by atoms with E-state index < -0.39 is 5.41 Å². The molecule has 2 heteroatoms. The number of nitrogens with zero attached hydrogens (tertiary/aromatic N) is 1. The Bertz CT molecular complexity index is 3770. The molecule has 0 aliphatic heterocycles. The molecule has 1 aromatic heterocycles. The van der Waals surface area contributed by atoms with Gasteiger partial charge >= 0.3 is 0 Å². The lowest BCUT2D eigenvalue weighted by Crippen LogP contribution is -2.28. The molecule has 0 N–H and O–H groups in total. The van der Waals surface area contributed by atoms with E-state index in [1.54, 1.807) is 0 Å². The second-order valence-corrected chi connectivity index (χ2v) is 17.6. The molecular formula is C65H43NO. The maximum absolute atomic E-state index is 6.53. The minimum atomic E-state index is -0.525. The first-order valence-electron chi connectivity index (χ1n) is 23.1. The van der Waals surface area contributed by atoms with Gasteiger partial charge in [-0.25, -0.2) is 0 Å². The van der Waals surface area contributed by atoms with Crippen LogP contribution in [-0.4, -0.2) is 0 Å². The van der Waals surface area contributed by atoms with Crippen molar-refractivity contribution in [1.82, 2.24) is 0 Å². The lowest BCUT2D eigenvalue weighted by molar-refractivity contribution is 0.669. The van der Waals surface area contributed by atoms with Gasteiger partial charge in [0, 0.05) is 33.9 Å². The van der Waals surface area contributed by atoms with Gasteiger partial charge in [0.05, 0.1) is 5.41 Å². The maximum atomic E-state index is 6.53. The number of fused-ring (bicyclic) bond motifs is 7. The van der Waals surface area contributed by atoms with Crippen molar-refractivity contribution in [3.05, 3.63) is 283 Å². The maximum Gasteiger partial charge on any atom is 0.137 e. The van der Waals surface area contributed by atoms with E-state index in [1.807, 2.05) is 12.1 Å². The molecular weight excluding hydrogens is 811 g/mol. The Balaban J connectivity index is 0.933. The van der Waals surface area contributed by atoms with Crippen molar-refractivity contribution in [3.63, 3.8) is 0 Å². The second kappa shape index (κ2) is 15.8. The highest BCUT2D eigenvalue weighted by atomic mass is 16.3. The van der Waals surface area contributed by atoms with Gasteiger partial charge in [-0.3, -0.25) is 0 Å². The average molecular weight is 854 g/mol. The van der Waals surface area contributed by atoms with E-state index in [4.69, 9.17) is 4.42 Å². The highest BCUT2D eigenvalue weighted by Crippen LogP contribution is 2.57. The van der Waals surface area contributed by atoms with E-state index in [0.717, 1.165) is 44.6 Å². The standard InChI is InChI=1S/C65H43NO/c1-3-21-52(22-4-1)65(53-23-5-2-6-24-53)61-27-11-9-25-57(61)58-37-35-55(42-62(58)65)66(56-36-38-60-59-26-10-12-28-63(59)67-64(60)43-56)54-33-31-45(32-34-54)47-17-13-18-48(39-47)49-19-14-20-50(41-49)51-30-29-44-15-7-8-16-46(44)40-51/h1-43H. The fraction of sp³-hybridized carbons (Fsp3) is 0.0154. The van der Waals surface area contributed by atoms with Gasteiger partial charge < -0.3 is 9.32 Å². The summed E-state index contributed by atoms with van der Waals surface area (Å²) in [5.41, 5.74) is 19.0. The predicted molar refractivity (Wildman–Crippen MR) is 280 cm³/mol. The van der Waals surface area contributed by atoms with Gasteiger partial charge in [-0.15, -0.1) is 0 Å². The number of para-hydroxylation sites is 1. The third-order valence-corrected chi connectivity index (χ3v) is 13.9. The fourth-order valence-electron chi connectivity index (χ4n) is 10.8. The van der Waals surface area contributed by atoms with Crippen LogP contribution in [0.15, 0.2) is 265 Å². The molecule has 0 spiro atoms. The van der Waals surface area contributed by atoms with E-state index in [2.05, 4.69) is 254 Å². The summed E-state index contributed by atoms with van der Waals surface area (Å²) in [4.78, 5) is 2.38. The van der Waals surface area contributed by atoms with Crippen molar-refractivity contribution in [1.29, 1.82) is 0 Å². The highest BCUT2D eigenvalue weighted by Gasteiger charge is 2.46. The van der Waals surface area contributed by atoms with E-state index in [9.17, 15) is 0 Å². The molecule has 0 atom stereocenters. The van der Waals surface area contributed by atoms with Gasteiger partial charge in [-0.1, -0.05) is 194 Å². The minimum absolute atomic E-state index is 0.525. The lowest BCUT2D eigenvalue weighted by atomic mass is 9.67. The van der Waals surface area contributed by atoms with Crippen molar-refractivity contribution >= 4 is 49.8 Å². The number of hydrogen-bond acceptors (Lipinski definition) is 2. The Hall–Kier alpha value is -8.72. The number of anilines is 3. The molecule has 0 amide bonds. The van der Waals surface area contributed by atoms with Crippen LogP contribution in [-0.2, 0) is 5.41 Å². The van der Waals surface area contributed by atoms with Crippen molar-refractivity contribution in [3.8, 4) is 44.5 Å². The zero-order valence-electron chi connectivity index (χ0n) is 36.7. The summed E-state index contributed by atoms with van der Waals surface area (Å²) >= 11 is 0. The molecule has 2 nitrogen and oxygen atoms in total. The van der Waals surface area contributed by atoms with Crippen LogP contribution in [0.5, 0.6) is 0 Å². The van der Waals surface area contributed by atoms with E-state index >= 15 is 0 Å². The van der Waals surface area contributed by atoms with Gasteiger partial charge in [0.25, 0.3) is 0 Å². The Morgan fingerprint density at radius 3 is 1.54 bits per heavy atom. The largest absolute Gasteiger partial charge is 0.456 e. The Labute approximate surface area is 390 Å². The molecule has 0 saturated carbocycles. The van der Waals surface area contributed by atoms with Crippen molar-refractivity contribution in [2.75, 3.05) is 4.90 Å². The fourth-order valence-corrected chi connectivity index (χ4v) is 10.8. The van der Waals surface area contributed by atoms with Crippen LogP contribution >= 0.6 is 0 Å². The third-order valence-electron chi connectivity index (χ3n) is 13.9. The molecule has 11 aromatic carbocycles. The number of rotatable bonds is 8. The quantitative estimate of drug-likeness (QED) is 0.151. The Morgan fingerprint density at radius 1 is 0.284 bits per heavy atom. The first kappa shape index (κ1) is 38.7. The van der Waals surface area contributed by atoms with Gasteiger partial charge in [-0.2, -0.15) is 0 Å². The molecule has 0 unspecified atom stereocenters. The molecule has 0 radical (unpaired) electrons. The van der Waals surface area contributed by atoms with Crippen LogP contribution in [0.25, 0.3) is 77.2 Å². The summed E-state index contributed by atoms with van der Waals surface area (Å²) in [6.45, 7) is 0. The van der Waals surface area contributed by atoms with Gasteiger partial charge in [0.2, 0.25) is 0 Å². The third kappa shape index (κ3) is 6.41. The SMILES string of the molecule is c1ccc(C2(c3ccccc3)c3ccccc3-c3ccc(N(c4ccc(-c5cccc(-c6cccc(-c7ccc8ccccc8c7)c6)c5)cc4)c4ccc5c(c4)oc4ccccc45)cc32)cc1. The summed E-state index contributed by atoms with van der Waals surface area (Å²) in [5.74, 6) is 0. The molecule has 1 aliphatic carbocycles. The van der Waals surface area contributed by atoms with Crippen molar-refractivity contribution in [2.24, 2.45) is 0 Å². The molecule has 12 aromatic rings. The molecule has 314 valence electrons. The summed E-state index contributed by atoms with van der Waals surface area (Å²) in [5, 5.41) is 4.73. The second-order valence-electron chi connectivity index (χ2n) is 17.6. The van der Waals surface area contributed by atoms with E-state index in [0.29, 0.717) is 0 Å². The minimum Gasteiger partial charge on any atom is -0.456 e. The summed E-state index contributed by atoms with van der Waals surface area (Å²) in [6, 6.07) is 95.1. The number of benzene rings is 11. The summed E-state index contributed by atoms with van der Waals surface area (Å²) in [7, 11) is 0. The first-order chi connectivity index (χ1) is 33.2. The van der Waals surface area contributed by atoms with Crippen LogP contribution < -0.4 is 4.90 Å². The smallest absolute Gasteiger partial charge is 0.137 e. The predicted octanol–water partition coefficient (Wildman–Crippen LogP) is 17.6. The monoisotopic (exact) mass is 853 g/mol. The van der Waals surface area contributed by atoms with Gasteiger partial charge in [0.15, 0.2) is 0 Å². The lowest BCUT2D eigenvalue weighted by Gasteiger charge is -2.35. The van der Waals surface area contributed by atoms with E-state index in [-0.39, 0.29) is 0 Å². The average Bonchev–Trinajstić information content (AvgIpc) is 3.92. The zero-order chi connectivity index (χ0) is 44.3. The number of hydrogen-bond donors (Lipinski definition) is 0. The molecule has 1 heterocycles. The van der Waals surface area contributed by atoms with E-state index in [1.165, 1.54) is 72.0 Å². The summed E-state index contributed by atoms with van der Waals surface area (Å²) < 4.78 is 6.53. The Morgan fingerprint density at radius 2 is 0.806 bits per heavy atom. The Kier molecular flexibility index (Phi) is 9.11. The zero-order valence-corrected chi connectivity index (χ0v) is 36.7. The van der Waals surface area contributed by atoms with Crippen molar-refractivity contribution < 1.29 is 4.42 Å². The normalized spacial score (nSPS) is 12.6.